The molecule has 0 saturated carbocycles. The van der Waals surface area contributed by atoms with Crippen LogP contribution in [-0.2, 0) is 20.4 Å². The Morgan fingerprint density at radius 2 is 0.891 bits per heavy atom. The Kier molecular flexibility index (Phi) is 13.7. The van der Waals surface area contributed by atoms with Crippen molar-refractivity contribution in [1.29, 1.82) is 0 Å². The second kappa shape index (κ2) is 15.9. The van der Waals surface area contributed by atoms with Crippen molar-refractivity contribution in [3.05, 3.63) is 70.8 Å². The van der Waals surface area contributed by atoms with E-state index in [4.69, 9.17) is 0 Å². The van der Waals surface area contributed by atoms with Crippen LogP contribution in [0.2, 0.25) is 0 Å². The lowest BCUT2D eigenvalue weighted by Gasteiger charge is -2.35. The molecule has 0 saturated heterocycles. The summed E-state index contributed by atoms with van der Waals surface area (Å²) in [5.74, 6) is -1.37. The SMILES string of the molecule is CC(C)(C)c1cccc(C(C(O)C(=O)NCCCCCCNC(=O)C(O)C(c2cccc(C(C)(C)C)c2)C(C)(C)C)C(C)(C)C)c1. The number of benzene rings is 2. The predicted octanol–water partition coefficient (Wildman–Crippen LogP) is 7.76. The molecule has 258 valence electrons. The molecule has 0 aliphatic carbocycles. The van der Waals surface area contributed by atoms with E-state index in [-0.39, 0.29) is 45.3 Å². The molecule has 2 aromatic carbocycles. The van der Waals surface area contributed by atoms with Gasteiger partial charge in [0.15, 0.2) is 0 Å². The largest absolute Gasteiger partial charge is 0.383 e. The van der Waals surface area contributed by atoms with Crippen LogP contribution in [0, 0.1) is 10.8 Å². The Morgan fingerprint density at radius 1 is 0.565 bits per heavy atom. The van der Waals surface area contributed by atoms with E-state index in [1.807, 2.05) is 24.3 Å². The molecule has 4 N–H and O–H groups in total. The topological polar surface area (TPSA) is 98.7 Å². The zero-order valence-electron chi connectivity index (χ0n) is 30.9. The summed E-state index contributed by atoms with van der Waals surface area (Å²) in [5, 5.41) is 28.2. The Bertz CT molecular complexity index is 1170. The molecule has 2 amide bonds. The monoisotopic (exact) mass is 636 g/mol. The molecule has 4 atom stereocenters. The number of hydrogen-bond donors (Lipinski definition) is 4. The van der Waals surface area contributed by atoms with E-state index in [1.54, 1.807) is 0 Å². The lowest BCUT2D eigenvalue weighted by Crippen LogP contribution is -2.43. The van der Waals surface area contributed by atoms with Gasteiger partial charge in [-0.3, -0.25) is 9.59 Å². The van der Waals surface area contributed by atoms with Gasteiger partial charge in [-0.25, -0.2) is 0 Å². The summed E-state index contributed by atoms with van der Waals surface area (Å²) < 4.78 is 0. The summed E-state index contributed by atoms with van der Waals surface area (Å²) in [5.41, 5.74) is 3.63. The molecular formula is C40H64N2O4. The van der Waals surface area contributed by atoms with Crippen LogP contribution < -0.4 is 10.6 Å². The molecule has 2 rings (SSSR count). The van der Waals surface area contributed by atoms with Gasteiger partial charge < -0.3 is 20.8 Å². The highest BCUT2D eigenvalue weighted by Crippen LogP contribution is 2.40. The summed E-state index contributed by atoms with van der Waals surface area (Å²) in [7, 11) is 0. The first kappa shape index (κ1) is 39.5. The number of carbonyl (C=O) groups is 2. The fourth-order valence-corrected chi connectivity index (χ4v) is 6.25. The zero-order chi connectivity index (χ0) is 35.1. The summed E-state index contributed by atoms with van der Waals surface area (Å²) in [6.45, 7) is 26.3. The van der Waals surface area contributed by atoms with Crippen molar-refractivity contribution in [2.75, 3.05) is 13.1 Å². The second-order valence-corrected chi connectivity index (χ2v) is 17.3. The van der Waals surface area contributed by atoms with E-state index >= 15 is 0 Å². The average Bonchev–Trinajstić information content (AvgIpc) is 2.92. The van der Waals surface area contributed by atoms with Crippen molar-refractivity contribution in [1.82, 2.24) is 10.6 Å². The van der Waals surface area contributed by atoms with Gasteiger partial charge in [-0.15, -0.1) is 0 Å². The van der Waals surface area contributed by atoms with Crippen molar-refractivity contribution >= 4 is 11.8 Å². The fourth-order valence-electron chi connectivity index (χ4n) is 6.25. The average molecular weight is 637 g/mol. The predicted molar refractivity (Wildman–Crippen MR) is 191 cm³/mol. The highest BCUT2D eigenvalue weighted by Gasteiger charge is 2.38. The summed E-state index contributed by atoms with van der Waals surface area (Å²) >= 11 is 0. The third kappa shape index (κ3) is 11.5. The van der Waals surface area contributed by atoms with Crippen LogP contribution in [0.4, 0.5) is 0 Å². The standard InChI is InChI=1S/C40H64N2O4/c1-37(2,3)29-21-17-19-27(25-29)31(39(7,8)9)33(43)35(45)41-23-15-13-14-16-24-42-36(46)34(44)32(40(10,11)12)28-20-18-22-30(26-28)38(4,5)6/h17-22,25-26,31-34,43-44H,13-16,23-24H2,1-12H3,(H,41,45)(H,42,46). The van der Waals surface area contributed by atoms with Crippen LogP contribution in [0.25, 0.3) is 0 Å². The van der Waals surface area contributed by atoms with Crippen LogP contribution >= 0.6 is 0 Å². The number of nitrogens with one attached hydrogen (secondary N) is 2. The molecule has 0 radical (unpaired) electrons. The van der Waals surface area contributed by atoms with Gasteiger partial charge >= 0.3 is 0 Å². The van der Waals surface area contributed by atoms with Crippen LogP contribution in [-0.4, -0.2) is 47.3 Å². The Balaban J connectivity index is 1.84. The molecule has 46 heavy (non-hydrogen) atoms. The number of carbonyl (C=O) groups excluding carboxylic acids is 2. The highest BCUT2D eigenvalue weighted by atomic mass is 16.3. The van der Waals surface area contributed by atoms with Crippen LogP contribution in [0.15, 0.2) is 48.5 Å². The maximum atomic E-state index is 13.0. The van der Waals surface area contributed by atoms with Gasteiger partial charge in [0.2, 0.25) is 11.8 Å². The van der Waals surface area contributed by atoms with E-state index in [2.05, 4.69) is 118 Å². The maximum absolute atomic E-state index is 13.0. The summed E-state index contributed by atoms with van der Waals surface area (Å²) in [6.07, 6.45) is 1.04. The molecule has 4 unspecified atom stereocenters. The van der Waals surface area contributed by atoms with E-state index in [9.17, 15) is 19.8 Å². The molecule has 0 aliphatic heterocycles. The molecular weight excluding hydrogens is 572 g/mol. The normalized spacial score (nSPS) is 15.5. The smallest absolute Gasteiger partial charge is 0.249 e. The Hall–Kier alpha value is -2.70. The second-order valence-electron chi connectivity index (χ2n) is 17.3. The number of rotatable bonds is 13. The first-order chi connectivity index (χ1) is 21.0. The molecule has 0 fully saturated rings. The summed E-state index contributed by atoms with van der Waals surface area (Å²) in [6, 6.07) is 16.5. The van der Waals surface area contributed by atoms with Gasteiger partial charge in [-0.05, 0) is 56.8 Å². The van der Waals surface area contributed by atoms with Gasteiger partial charge in [0, 0.05) is 24.9 Å². The van der Waals surface area contributed by atoms with Gasteiger partial charge in [0.25, 0.3) is 0 Å². The minimum atomic E-state index is -1.15. The number of aliphatic hydroxyl groups excluding tert-OH is 2. The van der Waals surface area contributed by atoms with Gasteiger partial charge in [0.05, 0.1) is 0 Å². The van der Waals surface area contributed by atoms with Crippen molar-refractivity contribution in [2.24, 2.45) is 10.8 Å². The number of hydrogen-bond acceptors (Lipinski definition) is 4. The third-order valence-electron chi connectivity index (χ3n) is 8.96. The lowest BCUT2D eigenvalue weighted by molar-refractivity contribution is -0.132. The quantitative estimate of drug-likeness (QED) is 0.169. The Morgan fingerprint density at radius 3 is 1.17 bits per heavy atom. The van der Waals surface area contributed by atoms with E-state index in [0.29, 0.717) is 13.1 Å². The van der Waals surface area contributed by atoms with E-state index in [0.717, 1.165) is 36.8 Å². The molecule has 0 aromatic heterocycles. The first-order valence-corrected chi connectivity index (χ1v) is 17.2. The highest BCUT2D eigenvalue weighted by molar-refractivity contribution is 5.82. The van der Waals surface area contributed by atoms with Crippen molar-refractivity contribution in [2.45, 2.75) is 144 Å². The molecule has 0 aliphatic rings. The molecule has 0 heterocycles. The van der Waals surface area contributed by atoms with Gasteiger partial charge in [-0.1, -0.05) is 144 Å². The first-order valence-electron chi connectivity index (χ1n) is 17.2. The van der Waals surface area contributed by atoms with E-state index < -0.39 is 12.2 Å². The minimum Gasteiger partial charge on any atom is -0.383 e. The van der Waals surface area contributed by atoms with Crippen LogP contribution in [0.5, 0.6) is 0 Å². The fraction of sp³-hybridized carbons (Fsp3) is 0.650. The summed E-state index contributed by atoms with van der Waals surface area (Å²) in [4.78, 5) is 26.0. The molecule has 0 spiro atoms. The van der Waals surface area contributed by atoms with Crippen LogP contribution in [0.3, 0.4) is 0 Å². The molecule has 2 aromatic rings. The lowest BCUT2D eigenvalue weighted by atomic mass is 9.72. The number of aliphatic hydroxyl groups is 2. The zero-order valence-corrected chi connectivity index (χ0v) is 30.9. The number of unbranched alkanes of at least 4 members (excludes halogenated alkanes) is 3. The molecule has 0 bridgehead atoms. The number of amides is 2. The maximum Gasteiger partial charge on any atom is 0.249 e. The third-order valence-corrected chi connectivity index (χ3v) is 8.96. The molecule has 6 heteroatoms. The molecule has 6 nitrogen and oxygen atoms in total. The van der Waals surface area contributed by atoms with Gasteiger partial charge in [0.1, 0.15) is 12.2 Å². The van der Waals surface area contributed by atoms with E-state index in [1.165, 1.54) is 11.1 Å². The minimum absolute atomic E-state index is 0.0260. The van der Waals surface area contributed by atoms with Gasteiger partial charge in [-0.2, -0.15) is 0 Å². The van der Waals surface area contributed by atoms with Crippen molar-refractivity contribution < 1.29 is 19.8 Å². The Labute approximate surface area is 280 Å². The van der Waals surface area contributed by atoms with Crippen molar-refractivity contribution in [3.63, 3.8) is 0 Å². The van der Waals surface area contributed by atoms with Crippen molar-refractivity contribution in [3.8, 4) is 0 Å². The van der Waals surface area contributed by atoms with Crippen LogP contribution in [0.1, 0.15) is 143 Å².